The lowest BCUT2D eigenvalue weighted by Gasteiger charge is -2.14. The quantitative estimate of drug-likeness (QED) is 0.597. The van der Waals surface area contributed by atoms with E-state index in [2.05, 4.69) is 5.32 Å². The number of carbonyl (C=O) groups excluding carboxylic acids is 3. The third-order valence-electron chi connectivity index (χ3n) is 2.95. The highest BCUT2D eigenvalue weighted by Gasteiger charge is 2.36. The Morgan fingerprint density at radius 2 is 2.10 bits per heavy atom. The zero-order valence-electron chi connectivity index (χ0n) is 11.3. The molecule has 0 aromatic rings. The van der Waals surface area contributed by atoms with Gasteiger partial charge in [-0.25, -0.2) is 0 Å². The number of hydrogen-bond acceptors (Lipinski definition) is 5. The van der Waals surface area contributed by atoms with Crippen LogP contribution in [0.5, 0.6) is 0 Å². The van der Waals surface area contributed by atoms with E-state index in [0.29, 0.717) is 6.42 Å². The Bertz CT molecular complexity index is 413. The number of carboxylic acids is 1. The number of likely N-dealkylation sites (tertiary alicyclic amines) is 1. The Kier molecular flexibility index (Phi) is 6.50. The van der Waals surface area contributed by atoms with Crippen LogP contribution < -0.4 is 5.32 Å². The van der Waals surface area contributed by atoms with Gasteiger partial charge < -0.3 is 10.4 Å². The van der Waals surface area contributed by atoms with Crippen LogP contribution in [0.3, 0.4) is 0 Å². The number of nitrogens with zero attached hydrogens (tertiary/aromatic N) is 1. The number of imide groups is 1. The predicted octanol–water partition coefficient (Wildman–Crippen LogP) is -0.294. The second-order valence-electron chi connectivity index (χ2n) is 4.43. The Morgan fingerprint density at radius 3 is 2.65 bits per heavy atom. The highest BCUT2D eigenvalue weighted by molar-refractivity contribution is 8.00. The largest absolute Gasteiger partial charge is 0.481 e. The van der Waals surface area contributed by atoms with Crippen molar-refractivity contribution in [2.75, 3.05) is 24.6 Å². The first-order chi connectivity index (χ1) is 9.45. The normalized spacial score (nSPS) is 18.4. The van der Waals surface area contributed by atoms with E-state index in [1.54, 1.807) is 0 Å². The van der Waals surface area contributed by atoms with Crippen molar-refractivity contribution >= 4 is 35.5 Å². The molecule has 0 aromatic heterocycles. The molecule has 7 nitrogen and oxygen atoms in total. The van der Waals surface area contributed by atoms with Gasteiger partial charge in [-0.3, -0.25) is 24.1 Å². The minimum atomic E-state index is -0.971. The van der Waals surface area contributed by atoms with Gasteiger partial charge >= 0.3 is 5.97 Å². The van der Waals surface area contributed by atoms with Crippen LogP contribution in [0, 0.1) is 5.92 Å². The lowest BCUT2D eigenvalue weighted by Crippen LogP contribution is -2.39. The molecule has 3 amide bonds. The summed E-state index contributed by atoms with van der Waals surface area (Å²) in [6.07, 6.45) is 0.886. The molecular formula is C12H18N2O5S. The molecule has 0 spiro atoms. The van der Waals surface area contributed by atoms with Crippen LogP contribution in [-0.4, -0.2) is 58.3 Å². The molecule has 0 unspecified atom stereocenters. The van der Waals surface area contributed by atoms with Gasteiger partial charge in [0.1, 0.15) is 0 Å². The van der Waals surface area contributed by atoms with Gasteiger partial charge in [-0.2, -0.15) is 0 Å². The highest BCUT2D eigenvalue weighted by atomic mass is 32.2. The summed E-state index contributed by atoms with van der Waals surface area (Å²) in [7, 11) is 0. The summed E-state index contributed by atoms with van der Waals surface area (Å²) in [6, 6.07) is 0. The first kappa shape index (κ1) is 16.5. The molecule has 0 aliphatic carbocycles. The molecule has 1 heterocycles. The van der Waals surface area contributed by atoms with Gasteiger partial charge in [0.25, 0.3) is 0 Å². The molecule has 0 radical (unpaired) electrons. The zero-order chi connectivity index (χ0) is 15.1. The third-order valence-corrected chi connectivity index (χ3v) is 3.86. The lowest BCUT2D eigenvalue weighted by atomic mass is 10.1. The van der Waals surface area contributed by atoms with Gasteiger partial charge in [-0.05, 0) is 6.42 Å². The van der Waals surface area contributed by atoms with Crippen molar-refractivity contribution in [3.63, 3.8) is 0 Å². The van der Waals surface area contributed by atoms with Crippen molar-refractivity contribution in [2.45, 2.75) is 19.8 Å². The number of hydrogen-bond donors (Lipinski definition) is 2. The fourth-order valence-corrected chi connectivity index (χ4v) is 2.46. The Balaban J connectivity index is 2.23. The third kappa shape index (κ3) is 4.84. The van der Waals surface area contributed by atoms with E-state index in [4.69, 9.17) is 5.11 Å². The molecule has 2 N–H and O–H groups in total. The number of carbonyl (C=O) groups is 4. The molecule has 0 saturated carbocycles. The minimum absolute atomic E-state index is 0.0474. The number of carboxylic acid groups (broad SMARTS) is 1. The maximum Gasteiger partial charge on any atom is 0.313 e. The van der Waals surface area contributed by atoms with E-state index in [9.17, 15) is 19.2 Å². The van der Waals surface area contributed by atoms with Gasteiger partial charge in [0.2, 0.25) is 17.7 Å². The van der Waals surface area contributed by atoms with Gasteiger partial charge in [0, 0.05) is 25.4 Å². The minimum Gasteiger partial charge on any atom is -0.481 e. The van der Waals surface area contributed by atoms with Crippen LogP contribution in [0.25, 0.3) is 0 Å². The average molecular weight is 302 g/mol. The van der Waals surface area contributed by atoms with Crippen LogP contribution in [0.1, 0.15) is 19.8 Å². The van der Waals surface area contributed by atoms with Gasteiger partial charge in [0.05, 0.1) is 11.5 Å². The number of nitrogens with one attached hydrogen (secondary N) is 1. The lowest BCUT2D eigenvalue weighted by molar-refractivity contribution is -0.139. The summed E-state index contributed by atoms with van der Waals surface area (Å²) in [4.78, 5) is 46.2. The van der Waals surface area contributed by atoms with E-state index in [1.165, 1.54) is 4.90 Å². The molecule has 1 rings (SSSR count). The van der Waals surface area contributed by atoms with Crippen LogP contribution in [0.4, 0.5) is 0 Å². The molecule has 1 saturated heterocycles. The number of rotatable bonds is 8. The van der Waals surface area contributed by atoms with E-state index >= 15 is 0 Å². The van der Waals surface area contributed by atoms with Crippen molar-refractivity contribution in [3.05, 3.63) is 0 Å². The summed E-state index contributed by atoms with van der Waals surface area (Å²) in [6.45, 7) is 2.23. The van der Waals surface area contributed by atoms with E-state index in [1.807, 2.05) is 6.92 Å². The van der Waals surface area contributed by atoms with Crippen molar-refractivity contribution in [1.29, 1.82) is 0 Å². The van der Waals surface area contributed by atoms with Crippen LogP contribution in [-0.2, 0) is 19.2 Å². The van der Waals surface area contributed by atoms with Crippen molar-refractivity contribution in [1.82, 2.24) is 10.2 Å². The molecule has 1 atom stereocenters. The van der Waals surface area contributed by atoms with E-state index in [0.717, 1.165) is 11.8 Å². The molecule has 0 bridgehead atoms. The molecular weight excluding hydrogens is 284 g/mol. The van der Waals surface area contributed by atoms with Gasteiger partial charge in [0.15, 0.2) is 0 Å². The van der Waals surface area contributed by atoms with Crippen LogP contribution in [0.15, 0.2) is 0 Å². The fourth-order valence-electron chi connectivity index (χ4n) is 1.89. The molecule has 112 valence electrons. The molecule has 0 aromatic carbocycles. The van der Waals surface area contributed by atoms with Gasteiger partial charge in [-0.1, -0.05) is 6.92 Å². The molecule has 8 heteroatoms. The average Bonchev–Trinajstić information content (AvgIpc) is 2.65. The predicted molar refractivity (Wildman–Crippen MR) is 73.1 cm³/mol. The Labute approximate surface area is 121 Å². The van der Waals surface area contributed by atoms with Crippen molar-refractivity contribution in [2.24, 2.45) is 5.92 Å². The number of aliphatic carboxylic acids is 1. The van der Waals surface area contributed by atoms with E-state index in [-0.39, 0.29) is 54.7 Å². The van der Waals surface area contributed by atoms with Crippen LogP contribution in [0.2, 0.25) is 0 Å². The topological polar surface area (TPSA) is 104 Å². The number of thioether (sulfide) groups is 1. The molecule has 1 aliphatic rings. The monoisotopic (exact) mass is 302 g/mol. The van der Waals surface area contributed by atoms with E-state index < -0.39 is 5.97 Å². The SMILES string of the molecule is CC[C@@H]1CC(=O)N(CCNC(=O)CSCC(=O)O)C1=O. The zero-order valence-corrected chi connectivity index (χ0v) is 12.1. The summed E-state index contributed by atoms with van der Waals surface area (Å²) >= 11 is 0.998. The maximum atomic E-state index is 11.8. The van der Waals surface area contributed by atoms with Gasteiger partial charge in [-0.15, -0.1) is 11.8 Å². The summed E-state index contributed by atoms with van der Waals surface area (Å²) in [5.74, 6) is -1.96. The Hall–Kier alpha value is -1.57. The fraction of sp³-hybridized carbons (Fsp3) is 0.667. The van der Waals surface area contributed by atoms with Crippen LogP contribution >= 0.6 is 11.8 Å². The molecule has 1 fully saturated rings. The first-order valence-electron chi connectivity index (χ1n) is 6.36. The summed E-state index contributed by atoms with van der Waals surface area (Å²) in [5, 5.41) is 11.0. The summed E-state index contributed by atoms with van der Waals surface area (Å²) < 4.78 is 0. The maximum absolute atomic E-state index is 11.8. The first-order valence-corrected chi connectivity index (χ1v) is 7.51. The highest BCUT2D eigenvalue weighted by Crippen LogP contribution is 2.21. The standard InChI is InChI=1S/C12H18N2O5S/c1-2-8-5-10(16)14(12(8)19)4-3-13-9(15)6-20-7-11(17)18/h8H,2-7H2,1H3,(H,13,15)(H,17,18)/t8-/m1/s1. The smallest absolute Gasteiger partial charge is 0.313 e. The Morgan fingerprint density at radius 1 is 1.40 bits per heavy atom. The summed E-state index contributed by atoms with van der Waals surface area (Å²) in [5.41, 5.74) is 0. The second kappa shape index (κ2) is 7.88. The second-order valence-corrected chi connectivity index (χ2v) is 5.41. The van der Waals surface area contributed by atoms with Crippen molar-refractivity contribution < 1.29 is 24.3 Å². The molecule has 20 heavy (non-hydrogen) atoms. The van der Waals surface area contributed by atoms with Crippen molar-refractivity contribution in [3.8, 4) is 0 Å². The molecule has 1 aliphatic heterocycles. The number of amides is 3.